The van der Waals surface area contributed by atoms with Crippen LogP contribution in [0.15, 0.2) is 0 Å². The minimum atomic E-state index is -0.539. The third kappa shape index (κ3) is 3.23. The lowest BCUT2D eigenvalue weighted by Crippen LogP contribution is -2.51. The van der Waals surface area contributed by atoms with Crippen LogP contribution in [-0.4, -0.2) is 34.7 Å². The molecule has 3 N–H and O–H groups in total. The van der Waals surface area contributed by atoms with Crippen molar-refractivity contribution in [2.75, 3.05) is 0 Å². The van der Waals surface area contributed by atoms with E-state index in [0.717, 1.165) is 12.8 Å². The fraction of sp³-hybridized carbons (Fsp3) is 0.929. The first-order chi connectivity index (χ1) is 8.37. The van der Waals surface area contributed by atoms with Gasteiger partial charge in [-0.15, -0.1) is 0 Å². The molecular weight excluding hydrogens is 228 g/mol. The van der Waals surface area contributed by atoms with E-state index in [2.05, 4.69) is 10.6 Å². The average molecular weight is 254 g/mol. The number of rotatable bonds is 4. The molecule has 104 valence electrons. The fourth-order valence-electron chi connectivity index (χ4n) is 3.12. The number of fused-ring (bicyclic) bond motifs is 2. The molecule has 2 fully saturated rings. The summed E-state index contributed by atoms with van der Waals surface area (Å²) in [5, 5.41) is 16.1. The van der Waals surface area contributed by atoms with E-state index in [4.69, 9.17) is 0 Å². The zero-order valence-corrected chi connectivity index (χ0v) is 11.7. The van der Waals surface area contributed by atoms with Crippen LogP contribution >= 0.6 is 0 Å². The number of carbonyl (C=O) groups is 1. The first-order valence-electron chi connectivity index (χ1n) is 7.12. The van der Waals surface area contributed by atoms with Crippen molar-refractivity contribution in [2.45, 2.75) is 76.6 Å². The summed E-state index contributed by atoms with van der Waals surface area (Å²) in [5.74, 6) is 0.584. The van der Waals surface area contributed by atoms with Crippen LogP contribution < -0.4 is 10.6 Å². The van der Waals surface area contributed by atoms with Gasteiger partial charge in [-0.25, -0.2) is 0 Å². The number of carbonyl (C=O) groups excluding carboxylic acids is 1. The summed E-state index contributed by atoms with van der Waals surface area (Å²) in [6.45, 7) is 5.44. The molecule has 0 aromatic rings. The molecule has 0 aromatic carbocycles. The molecule has 0 radical (unpaired) electrons. The van der Waals surface area contributed by atoms with Crippen molar-refractivity contribution in [1.82, 2.24) is 10.6 Å². The van der Waals surface area contributed by atoms with E-state index in [1.54, 1.807) is 6.92 Å². The van der Waals surface area contributed by atoms with Gasteiger partial charge in [0.2, 0.25) is 5.91 Å². The number of nitrogens with one attached hydrogen (secondary N) is 2. The second-order valence-electron chi connectivity index (χ2n) is 6.63. The topological polar surface area (TPSA) is 61.4 Å². The maximum Gasteiger partial charge on any atom is 0.220 e. The Morgan fingerprint density at radius 3 is 2.44 bits per heavy atom. The van der Waals surface area contributed by atoms with Crippen molar-refractivity contribution in [3.8, 4) is 0 Å². The van der Waals surface area contributed by atoms with Gasteiger partial charge in [0, 0.05) is 18.5 Å². The van der Waals surface area contributed by atoms with E-state index < -0.39 is 11.6 Å². The second-order valence-corrected chi connectivity index (χ2v) is 6.63. The molecule has 2 saturated heterocycles. The summed E-state index contributed by atoms with van der Waals surface area (Å²) >= 11 is 0. The molecule has 2 aliphatic rings. The van der Waals surface area contributed by atoms with Gasteiger partial charge < -0.3 is 15.7 Å². The lowest BCUT2D eigenvalue weighted by molar-refractivity contribution is -0.125. The fourth-order valence-corrected chi connectivity index (χ4v) is 3.12. The van der Waals surface area contributed by atoms with Crippen LogP contribution in [0, 0.1) is 5.92 Å². The average Bonchev–Trinajstić information content (AvgIpc) is 2.56. The first kappa shape index (κ1) is 13.8. The van der Waals surface area contributed by atoms with E-state index in [-0.39, 0.29) is 5.91 Å². The quantitative estimate of drug-likeness (QED) is 0.706. The lowest BCUT2D eigenvalue weighted by atomic mass is 9.89. The third-order valence-corrected chi connectivity index (χ3v) is 4.55. The molecule has 0 saturated carbocycles. The maximum atomic E-state index is 12.0. The van der Waals surface area contributed by atoms with Crippen molar-refractivity contribution in [3.05, 3.63) is 0 Å². The van der Waals surface area contributed by atoms with Gasteiger partial charge in [0.25, 0.3) is 0 Å². The van der Waals surface area contributed by atoms with Crippen LogP contribution in [0.4, 0.5) is 0 Å². The van der Waals surface area contributed by atoms with Gasteiger partial charge >= 0.3 is 0 Å². The van der Waals surface area contributed by atoms with E-state index in [1.165, 1.54) is 12.8 Å². The summed E-state index contributed by atoms with van der Waals surface area (Å²) in [6.07, 6.45) is 4.85. The number of hydrogen-bond donors (Lipinski definition) is 3. The van der Waals surface area contributed by atoms with Crippen LogP contribution in [0.2, 0.25) is 0 Å². The largest absolute Gasteiger partial charge is 0.391 e. The maximum absolute atomic E-state index is 12.0. The van der Waals surface area contributed by atoms with E-state index in [9.17, 15) is 9.90 Å². The van der Waals surface area contributed by atoms with Gasteiger partial charge in [-0.1, -0.05) is 0 Å². The number of aliphatic hydroxyl groups is 1. The summed E-state index contributed by atoms with van der Waals surface area (Å²) in [7, 11) is 0. The molecule has 2 aliphatic heterocycles. The molecule has 2 bridgehead atoms. The second kappa shape index (κ2) is 5.17. The Kier molecular flexibility index (Phi) is 3.97. The Labute approximate surface area is 110 Å². The minimum Gasteiger partial charge on any atom is -0.391 e. The SMILES string of the molecule is CC(O)C(C)(C)NC(=O)CC1CC2CCC(C1)N2. The molecule has 4 nitrogen and oxygen atoms in total. The van der Waals surface area contributed by atoms with Crippen molar-refractivity contribution in [3.63, 3.8) is 0 Å². The number of amides is 1. The molecule has 3 atom stereocenters. The summed E-state index contributed by atoms with van der Waals surface area (Å²) in [4.78, 5) is 12.0. The van der Waals surface area contributed by atoms with Crippen molar-refractivity contribution in [1.29, 1.82) is 0 Å². The first-order valence-corrected chi connectivity index (χ1v) is 7.12. The molecule has 0 spiro atoms. The van der Waals surface area contributed by atoms with Crippen molar-refractivity contribution >= 4 is 5.91 Å². The summed E-state index contributed by atoms with van der Waals surface area (Å²) < 4.78 is 0. The molecule has 1 amide bonds. The van der Waals surface area contributed by atoms with E-state index in [0.29, 0.717) is 24.4 Å². The number of aliphatic hydroxyl groups excluding tert-OH is 1. The molecule has 2 heterocycles. The molecule has 2 rings (SSSR count). The van der Waals surface area contributed by atoms with Gasteiger partial charge in [-0.2, -0.15) is 0 Å². The number of hydrogen-bond acceptors (Lipinski definition) is 3. The highest BCUT2D eigenvalue weighted by Crippen LogP contribution is 2.32. The molecule has 18 heavy (non-hydrogen) atoms. The van der Waals surface area contributed by atoms with Gasteiger partial charge in [-0.05, 0) is 52.4 Å². The summed E-state index contributed by atoms with van der Waals surface area (Å²) in [5.41, 5.74) is -0.539. The monoisotopic (exact) mass is 254 g/mol. The van der Waals surface area contributed by atoms with Crippen LogP contribution in [0.1, 0.15) is 52.9 Å². The Morgan fingerprint density at radius 2 is 1.94 bits per heavy atom. The molecular formula is C14H26N2O2. The van der Waals surface area contributed by atoms with Crippen LogP contribution in [-0.2, 0) is 4.79 Å². The standard InChI is InChI=1S/C14H26N2O2/c1-9(17)14(2,3)16-13(18)8-10-6-11-4-5-12(7-10)15-11/h9-12,15,17H,4-8H2,1-3H3,(H,16,18). The smallest absolute Gasteiger partial charge is 0.220 e. The van der Waals surface area contributed by atoms with Crippen LogP contribution in [0.25, 0.3) is 0 Å². The van der Waals surface area contributed by atoms with Gasteiger partial charge in [-0.3, -0.25) is 4.79 Å². The van der Waals surface area contributed by atoms with Crippen molar-refractivity contribution < 1.29 is 9.90 Å². The van der Waals surface area contributed by atoms with Gasteiger partial charge in [0.1, 0.15) is 0 Å². The third-order valence-electron chi connectivity index (χ3n) is 4.55. The van der Waals surface area contributed by atoms with Crippen molar-refractivity contribution in [2.24, 2.45) is 5.92 Å². The highest BCUT2D eigenvalue weighted by atomic mass is 16.3. The zero-order chi connectivity index (χ0) is 13.3. The Hall–Kier alpha value is -0.610. The predicted octanol–water partition coefficient (Wildman–Crippen LogP) is 1.18. The van der Waals surface area contributed by atoms with Crippen LogP contribution in [0.5, 0.6) is 0 Å². The predicted molar refractivity (Wildman–Crippen MR) is 71.2 cm³/mol. The highest BCUT2D eigenvalue weighted by molar-refractivity contribution is 5.77. The summed E-state index contributed by atoms with van der Waals surface area (Å²) in [6, 6.07) is 1.26. The Morgan fingerprint density at radius 1 is 1.39 bits per heavy atom. The molecule has 0 aromatic heterocycles. The molecule has 3 unspecified atom stereocenters. The van der Waals surface area contributed by atoms with Gasteiger partial charge in [0.05, 0.1) is 11.6 Å². The Bertz CT molecular complexity index is 303. The van der Waals surface area contributed by atoms with E-state index >= 15 is 0 Å². The minimum absolute atomic E-state index is 0.0761. The zero-order valence-electron chi connectivity index (χ0n) is 11.7. The lowest BCUT2D eigenvalue weighted by Gasteiger charge is -2.32. The normalized spacial score (nSPS) is 33.2. The van der Waals surface area contributed by atoms with E-state index in [1.807, 2.05) is 13.8 Å². The Balaban J connectivity index is 1.81. The number of piperidine rings is 1. The van der Waals surface area contributed by atoms with Crippen LogP contribution in [0.3, 0.4) is 0 Å². The molecule has 0 aliphatic carbocycles. The highest BCUT2D eigenvalue weighted by Gasteiger charge is 2.35. The van der Waals surface area contributed by atoms with Gasteiger partial charge in [0.15, 0.2) is 0 Å². The molecule has 4 heteroatoms.